The quantitative estimate of drug-likeness (QED) is 0.365. The van der Waals surface area contributed by atoms with Crippen molar-refractivity contribution in [1.82, 2.24) is 0 Å². The highest BCUT2D eigenvalue weighted by atomic mass is 16.3. The zero-order valence-electron chi connectivity index (χ0n) is 4.44. The molecule has 0 aliphatic heterocycles. The van der Waals surface area contributed by atoms with Crippen LogP contribution in [0.4, 0.5) is 0 Å². The van der Waals surface area contributed by atoms with Crippen molar-refractivity contribution in [2.45, 2.75) is 0 Å². The van der Waals surface area contributed by atoms with E-state index in [0.29, 0.717) is 0 Å². The molecule has 0 aromatic heterocycles. The molecule has 46 valence electrons. The highest BCUT2D eigenvalue weighted by molar-refractivity contribution is 6.07. The molecular formula is C5H4N2O2. The van der Waals surface area contributed by atoms with Crippen LogP contribution in [0.25, 0.3) is 5.53 Å². The van der Waals surface area contributed by atoms with Gasteiger partial charge in [-0.1, -0.05) is 0 Å². The summed E-state index contributed by atoms with van der Waals surface area (Å²) in [5.41, 5.74) is 7.91. The molecule has 4 heteroatoms. The zero-order valence-corrected chi connectivity index (χ0v) is 4.44. The molecule has 0 saturated heterocycles. The van der Waals surface area contributed by atoms with Gasteiger partial charge >= 0.3 is 5.71 Å². The van der Waals surface area contributed by atoms with E-state index < -0.39 is 0 Å². The molecule has 1 aliphatic rings. The first kappa shape index (κ1) is 5.59. The van der Waals surface area contributed by atoms with Crippen LogP contribution < -0.4 is 0 Å². The summed E-state index contributed by atoms with van der Waals surface area (Å²) in [5.74, 6) is -0.454. The van der Waals surface area contributed by atoms with Gasteiger partial charge in [-0.25, -0.2) is 0 Å². The third kappa shape index (κ3) is 0.709. The maximum absolute atomic E-state index is 8.72. The first-order chi connectivity index (χ1) is 4.25. The van der Waals surface area contributed by atoms with Crippen LogP contribution >= 0.6 is 0 Å². The van der Waals surface area contributed by atoms with E-state index >= 15 is 0 Å². The molecular weight excluding hydrogens is 120 g/mol. The van der Waals surface area contributed by atoms with E-state index in [0.717, 1.165) is 0 Å². The molecule has 1 rings (SSSR count). The molecule has 0 radical (unpaired) electrons. The summed E-state index contributed by atoms with van der Waals surface area (Å²) in [6, 6.07) is 0. The van der Waals surface area contributed by atoms with Crippen molar-refractivity contribution in [2.75, 3.05) is 0 Å². The molecule has 0 fully saturated rings. The topological polar surface area (TPSA) is 76.9 Å². The Bertz CT molecular complexity index is 226. The fraction of sp³-hybridized carbons (Fsp3) is 0. The van der Waals surface area contributed by atoms with Gasteiger partial charge < -0.3 is 15.7 Å². The van der Waals surface area contributed by atoms with Crippen molar-refractivity contribution in [1.29, 1.82) is 0 Å². The second kappa shape index (κ2) is 1.76. The summed E-state index contributed by atoms with van der Waals surface area (Å²) >= 11 is 0. The minimum atomic E-state index is -0.227. The van der Waals surface area contributed by atoms with Crippen LogP contribution in [-0.2, 0) is 0 Å². The van der Waals surface area contributed by atoms with E-state index in [2.05, 4.69) is 4.79 Å². The lowest BCUT2D eigenvalue weighted by Gasteiger charge is -1.82. The molecule has 0 unspecified atom stereocenters. The second-order valence-corrected chi connectivity index (χ2v) is 1.55. The Labute approximate surface area is 51.0 Å². The van der Waals surface area contributed by atoms with Crippen molar-refractivity contribution in [3.63, 3.8) is 0 Å². The van der Waals surface area contributed by atoms with Gasteiger partial charge in [0.25, 0.3) is 0 Å². The van der Waals surface area contributed by atoms with Crippen molar-refractivity contribution in [3.05, 3.63) is 29.2 Å². The molecule has 2 N–H and O–H groups in total. The summed E-state index contributed by atoms with van der Waals surface area (Å²) in [7, 11) is 0. The number of aliphatic hydroxyl groups excluding tert-OH is 2. The standard InChI is InChI=1S/C5H4N2O2/c6-7-5-3(8)1-2-4(5)9/h1-2,8-9H. The molecule has 0 saturated carbocycles. The number of allylic oxidation sites excluding steroid dienone is 2. The zero-order chi connectivity index (χ0) is 6.85. The Kier molecular flexibility index (Phi) is 1.09. The van der Waals surface area contributed by atoms with Crippen molar-refractivity contribution < 1.29 is 15.0 Å². The van der Waals surface area contributed by atoms with Gasteiger partial charge in [0.15, 0.2) is 0 Å². The first-order valence-corrected chi connectivity index (χ1v) is 2.28. The third-order valence-corrected chi connectivity index (χ3v) is 0.984. The molecule has 0 amide bonds. The summed E-state index contributed by atoms with van der Waals surface area (Å²) in [4.78, 5) is 2.63. The van der Waals surface area contributed by atoms with E-state index in [1.165, 1.54) is 12.2 Å². The Morgan fingerprint density at radius 3 is 1.89 bits per heavy atom. The number of nitrogens with zero attached hydrogens (tertiary/aromatic N) is 2. The van der Waals surface area contributed by atoms with E-state index in [4.69, 9.17) is 15.7 Å². The number of hydrogen-bond donors (Lipinski definition) is 2. The predicted molar refractivity (Wildman–Crippen MR) is 30.0 cm³/mol. The Morgan fingerprint density at radius 2 is 1.67 bits per heavy atom. The Hall–Kier alpha value is -1.54. The van der Waals surface area contributed by atoms with Gasteiger partial charge in [0, 0.05) is 0 Å². The molecule has 9 heavy (non-hydrogen) atoms. The van der Waals surface area contributed by atoms with Gasteiger partial charge in [-0.15, -0.1) is 0 Å². The number of aliphatic hydroxyl groups is 2. The van der Waals surface area contributed by atoms with Gasteiger partial charge in [-0.3, -0.25) is 0 Å². The van der Waals surface area contributed by atoms with Gasteiger partial charge in [0.05, 0.1) is 0 Å². The van der Waals surface area contributed by atoms with Crippen LogP contribution in [0.1, 0.15) is 0 Å². The van der Waals surface area contributed by atoms with E-state index in [9.17, 15) is 0 Å². The SMILES string of the molecule is [N-]=[N+]=C1C(O)=CC=C1O. The number of hydrogen-bond acceptors (Lipinski definition) is 2. The fourth-order valence-corrected chi connectivity index (χ4v) is 0.549. The van der Waals surface area contributed by atoms with Gasteiger partial charge in [0.2, 0.25) is 11.5 Å². The molecule has 0 aromatic rings. The summed E-state index contributed by atoms with van der Waals surface area (Å²) in [6.45, 7) is 0. The van der Waals surface area contributed by atoms with E-state index in [1.807, 2.05) is 0 Å². The van der Waals surface area contributed by atoms with E-state index in [-0.39, 0.29) is 17.2 Å². The van der Waals surface area contributed by atoms with Gasteiger partial charge in [-0.05, 0) is 12.2 Å². The average molecular weight is 124 g/mol. The van der Waals surface area contributed by atoms with Crippen LogP contribution in [0.5, 0.6) is 0 Å². The van der Waals surface area contributed by atoms with Crippen LogP contribution in [0.2, 0.25) is 0 Å². The highest BCUT2D eigenvalue weighted by Crippen LogP contribution is 2.07. The lowest BCUT2D eigenvalue weighted by atomic mass is 10.3. The van der Waals surface area contributed by atoms with Crippen molar-refractivity contribution in [3.8, 4) is 0 Å². The van der Waals surface area contributed by atoms with Crippen LogP contribution in [0, 0.1) is 0 Å². The first-order valence-electron chi connectivity index (χ1n) is 2.28. The molecule has 0 bridgehead atoms. The molecule has 0 heterocycles. The fourth-order valence-electron chi connectivity index (χ4n) is 0.549. The maximum atomic E-state index is 8.72. The normalized spacial score (nSPS) is 16.7. The predicted octanol–water partition coefficient (Wildman–Crippen LogP) is 0.555. The van der Waals surface area contributed by atoms with Gasteiger partial charge in [0.1, 0.15) is 0 Å². The lowest BCUT2D eigenvalue weighted by Crippen LogP contribution is -2.01. The summed E-state index contributed by atoms with van der Waals surface area (Å²) in [5, 5.41) is 17.4. The van der Waals surface area contributed by atoms with Gasteiger partial charge in [-0.2, -0.15) is 4.79 Å². The largest absolute Gasteiger partial charge is 0.501 e. The maximum Gasteiger partial charge on any atom is 0.397 e. The molecule has 1 aliphatic carbocycles. The second-order valence-electron chi connectivity index (χ2n) is 1.55. The van der Waals surface area contributed by atoms with E-state index in [1.54, 1.807) is 0 Å². The van der Waals surface area contributed by atoms with Crippen LogP contribution in [0.3, 0.4) is 0 Å². The monoisotopic (exact) mass is 124 g/mol. The Morgan fingerprint density at radius 1 is 1.22 bits per heavy atom. The smallest absolute Gasteiger partial charge is 0.397 e. The van der Waals surface area contributed by atoms with Crippen LogP contribution in [-0.4, -0.2) is 20.7 Å². The average Bonchev–Trinajstić information content (AvgIpc) is 2.12. The minimum absolute atomic E-state index is 0.185. The van der Waals surface area contributed by atoms with Crippen molar-refractivity contribution >= 4 is 5.71 Å². The molecule has 4 nitrogen and oxygen atoms in total. The Balaban J connectivity index is 3.11. The highest BCUT2D eigenvalue weighted by Gasteiger charge is 2.23. The molecule has 0 spiro atoms. The third-order valence-electron chi connectivity index (χ3n) is 0.984. The minimum Gasteiger partial charge on any atom is -0.501 e. The summed E-state index contributed by atoms with van der Waals surface area (Å²) in [6.07, 6.45) is 2.48. The van der Waals surface area contributed by atoms with Crippen LogP contribution in [0.15, 0.2) is 23.7 Å². The number of rotatable bonds is 0. The molecule has 0 aromatic carbocycles. The van der Waals surface area contributed by atoms with Crippen molar-refractivity contribution in [2.24, 2.45) is 0 Å². The lowest BCUT2D eigenvalue weighted by molar-refractivity contribution is -0.00955. The summed E-state index contributed by atoms with van der Waals surface area (Å²) < 4.78 is 0. The molecule has 0 atom stereocenters.